The molecule has 108 valence electrons. The number of aromatic nitrogens is 1. The summed E-state index contributed by atoms with van der Waals surface area (Å²) in [6.07, 6.45) is 3.50. The van der Waals surface area contributed by atoms with Crippen molar-refractivity contribution in [2.45, 2.75) is 26.2 Å². The number of carbonyl (C=O) groups excluding carboxylic acids is 1. The molecule has 1 saturated carbocycles. The lowest BCUT2D eigenvalue weighted by Crippen LogP contribution is -2.30. The highest BCUT2D eigenvalue weighted by molar-refractivity contribution is 5.96. The first kappa shape index (κ1) is 14.3. The van der Waals surface area contributed by atoms with Crippen LogP contribution in [0.2, 0.25) is 0 Å². The van der Waals surface area contributed by atoms with Gasteiger partial charge in [-0.1, -0.05) is 6.42 Å². The molecule has 0 saturated heterocycles. The van der Waals surface area contributed by atoms with Gasteiger partial charge in [-0.05, 0) is 31.9 Å². The molecule has 0 bridgehead atoms. The monoisotopic (exact) mass is 278 g/mol. The third-order valence-corrected chi connectivity index (χ3v) is 3.48. The SMILES string of the molecule is CCOc1ncccc1NC(=O)[C@@H]1CCC[C@@H]1C(=O)O. The second-order valence-electron chi connectivity index (χ2n) is 4.76. The van der Waals surface area contributed by atoms with Crippen LogP contribution in [-0.2, 0) is 9.59 Å². The lowest BCUT2D eigenvalue weighted by molar-refractivity contribution is -0.145. The third-order valence-electron chi connectivity index (χ3n) is 3.48. The summed E-state index contributed by atoms with van der Waals surface area (Å²) in [5, 5.41) is 11.9. The smallest absolute Gasteiger partial charge is 0.307 e. The Hall–Kier alpha value is -2.11. The van der Waals surface area contributed by atoms with E-state index in [1.807, 2.05) is 6.92 Å². The summed E-state index contributed by atoms with van der Waals surface area (Å²) in [4.78, 5) is 27.4. The Bertz CT molecular complexity index is 504. The molecule has 1 fully saturated rings. The van der Waals surface area contributed by atoms with Crippen LogP contribution in [0.1, 0.15) is 26.2 Å². The summed E-state index contributed by atoms with van der Waals surface area (Å²) in [6.45, 7) is 2.28. The van der Waals surface area contributed by atoms with Crippen molar-refractivity contribution < 1.29 is 19.4 Å². The van der Waals surface area contributed by atoms with Crippen LogP contribution in [-0.4, -0.2) is 28.6 Å². The van der Waals surface area contributed by atoms with Gasteiger partial charge in [0, 0.05) is 6.20 Å². The van der Waals surface area contributed by atoms with Crippen LogP contribution in [0, 0.1) is 11.8 Å². The van der Waals surface area contributed by atoms with Gasteiger partial charge in [0.15, 0.2) is 0 Å². The first-order chi connectivity index (χ1) is 9.63. The Morgan fingerprint density at radius 2 is 2.20 bits per heavy atom. The molecule has 6 nitrogen and oxygen atoms in total. The summed E-state index contributed by atoms with van der Waals surface area (Å²) in [6, 6.07) is 3.39. The molecule has 1 aliphatic carbocycles. The fourth-order valence-corrected chi connectivity index (χ4v) is 2.53. The highest BCUT2D eigenvalue weighted by Crippen LogP contribution is 2.33. The Kier molecular flexibility index (Phi) is 4.55. The normalized spacial score (nSPS) is 21.4. The van der Waals surface area contributed by atoms with Gasteiger partial charge in [-0.15, -0.1) is 0 Å². The molecule has 2 rings (SSSR count). The highest BCUT2D eigenvalue weighted by atomic mass is 16.5. The van der Waals surface area contributed by atoms with Gasteiger partial charge in [0.05, 0.1) is 18.4 Å². The minimum Gasteiger partial charge on any atom is -0.481 e. The number of carbonyl (C=O) groups is 2. The van der Waals surface area contributed by atoms with Gasteiger partial charge >= 0.3 is 5.97 Å². The molecule has 0 aliphatic heterocycles. The number of carboxylic acid groups (broad SMARTS) is 1. The van der Waals surface area contributed by atoms with E-state index < -0.39 is 17.8 Å². The van der Waals surface area contributed by atoms with Crippen LogP contribution in [0.25, 0.3) is 0 Å². The maximum atomic E-state index is 12.2. The largest absolute Gasteiger partial charge is 0.481 e. The predicted molar refractivity (Wildman–Crippen MR) is 72.5 cm³/mol. The number of amides is 1. The number of ether oxygens (including phenoxy) is 1. The third kappa shape index (κ3) is 3.07. The number of pyridine rings is 1. The molecule has 0 unspecified atom stereocenters. The van der Waals surface area contributed by atoms with Crippen molar-refractivity contribution in [3.05, 3.63) is 18.3 Å². The Balaban J connectivity index is 2.10. The fourth-order valence-electron chi connectivity index (χ4n) is 2.53. The minimum atomic E-state index is -0.904. The highest BCUT2D eigenvalue weighted by Gasteiger charge is 2.37. The fraction of sp³-hybridized carbons (Fsp3) is 0.500. The van der Waals surface area contributed by atoms with E-state index in [9.17, 15) is 9.59 Å². The maximum Gasteiger partial charge on any atom is 0.307 e. The molecule has 1 heterocycles. The summed E-state index contributed by atoms with van der Waals surface area (Å²) in [5.74, 6) is -1.90. The molecule has 0 spiro atoms. The molecule has 2 N–H and O–H groups in total. The zero-order valence-corrected chi connectivity index (χ0v) is 11.3. The number of hydrogen-bond acceptors (Lipinski definition) is 4. The van der Waals surface area contributed by atoms with E-state index >= 15 is 0 Å². The van der Waals surface area contributed by atoms with Crippen molar-refractivity contribution in [1.29, 1.82) is 0 Å². The van der Waals surface area contributed by atoms with Crippen LogP contribution in [0.4, 0.5) is 5.69 Å². The van der Waals surface area contributed by atoms with E-state index in [1.165, 1.54) is 0 Å². The topological polar surface area (TPSA) is 88.5 Å². The van der Waals surface area contributed by atoms with Crippen molar-refractivity contribution in [2.24, 2.45) is 11.8 Å². The first-order valence-electron chi connectivity index (χ1n) is 6.75. The minimum absolute atomic E-state index is 0.274. The van der Waals surface area contributed by atoms with Crippen LogP contribution in [0.3, 0.4) is 0 Å². The molecule has 1 aliphatic rings. The molecule has 1 amide bonds. The van der Waals surface area contributed by atoms with Crippen molar-refractivity contribution in [3.63, 3.8) is 0 Å². The number of rotatable bonds is 5. The molecule has 20 heavy (non-hydrogen) atoms. The van der Waals surface area contributed by atoms with Crippen LogP contribution in [0.5, 0.6) is 5.88 Å². The zero-order valence-electron chi connectivity index (χ0n) is 11.3. The number of carboxylic acids is 1. The van der Waals surface area contributed by atoms with Gasteiger partial charge < -0.3 is 15.2 Å². The molecule has 2 atom stereocenters. The zero-order chi connectivity index (χ0) is 14.5. The molecule has 1 aromatic heterocycles. The van der Waals surface area contributed by atoms with Crippen LogP contribution < -0.4 is 10.1 Å². The molecule has 0 aromatic carbocycles. The van der Waals surface area contributed by atoms with Crippen molar-refractivity contribution in [2.75, 3.05) is 11.9 Å². The van der Waals surface area contributed by atoms with Gasteiger partial charge in [-0.25, -0.2) is 4.98 Å². The summed E-state index contributed by atoms with van der Waals surface area (Å²) in [7, 11) is 0. The predicted octanol–water partition coefficient (Wildman–Crippen LogP) is 1.92. The lowest BCUT2D eigenvalue weighted by atomic mass is 9.95. The number of anilines is 1. The quantitative estimate of drug-likeness (QED) is 0.859. The van der Waals surface area contributed by atoms with E-state index in [4.69, 9.17) is 9.84 Å². The molecular formula is C14H18N2O4. The average molecular weight is 278 g/mol. The summed E-state index contributed by atoms with van der Waals surface area (Å²) in [5.41, 5.74) is 0.482. The van der Waals surface area contributed by atoms with E-state index in [0.29, 0.717) is 31.0 Å². The van der Waals surface area contributed by atoms with Gasteiger partial charge in [0.1, 0.15) is 5.69 Å². The summed E-state index contributed by atoms with van der Waals surface area (Å²) < 4.78 is 5.33. The van der Waals surface area contributed by atoms with E-state index in [1.54, 1.807) is 18.3 Å². The number of aliphatic carboxylic acids is 1. The Labute approximate surface area is 117 Å². The van der Waals surface area contributed by atoms with E-state index in [0.717, 1.165) is 6.42 Å². The molecule has 1 aromatic rings. The van der Waals surface area contributed by atoms with Gasteiger partial charge in [-0.2, -0.15) is 0 Å². The second kappa shape index (κ2) is 6.36. The van der Waals surface area contributed by atoms with E-state index in [2.05, 4.69) is 10.3 Å². The number of nitrogens with zero attached hydrogens (tertiary/aromatic N) is 1. The first-order valence-corrected chi connectivity index (χ1v) is 6.75. The van der Waals surface area contributed by atoms with Crippen molar-refractivity contribution >= 4 is 17.6 Å². The van der Waals surface area contributed by atoms with Crippen LogP contribution >= 0.6 is 0 Å². The average Bonchev–Trinajstić information content (AvgIpc) is 2.91. The van der Waals surface area contributed by atoms with Gasteiger partial charge in [0.2, 0.25) is 11.8 Å². The summed E-state index contributed by atoms with van der Waals surface area (Å²) >= 11 is 0. The Morgan fingerprint density at radius 1 is 1.45 bits per heavy atom. The van der Waals surface area contributed by atoms with Gasteiger partial charge in [-0.3, -0.25) is 9.59 Å². The number of hydrogen-bond donors (Lipinski definition) is 2. The molecule has 6 heteroatoms. The van der Waals surface area contributed by atoms with Crippen molar-refractivity contribution in [1.82, 2.24) is 4.98 Å². The van der Waals surface area contributed by atoms with Crippen LogP contribution in [0.15, 0.2) is 18.3 Å². The Morgan fingerprint density at radius 3 is 2.90 bits per heavy atom. The number of nitrogens with one attached hydrogen (secondary N) is 1. The molecular weight excluding hydrogens is 260 g/mol. The molecule has 0 radical (unpaired) electrons. The van der Waals surface area contributed by atoms with Gasteiger partial charge in [0.25, 0.3) is 0 Å². The lowest BCUT2D eigenvalue weighted by Gasteiger charge is -2.16. The van der Waals surface area contributed by atoms with E-state index in [-0.39, 0.29) is 5.91 Å². The standard InChI is InChI=1S/C14H18N2O4/c1-2-20-13-11(7-4-8-15-13)16-12(17)9-5-3-6-10(9)14(18)19/h4,7-10H,2-3,5-6H2,1H3,(H,16,17)(H,18,19)/t9-,10+/m1/s1. The maximum absolute atomic E-state index is 12.2. The second-order valence-corrected chi connectivity index (χ2v) is 4.76. The van der Waals surface area contributed by atoms with Crippen molar-refractivity contribution in [3.8, 4) is 5.88 Å².